The van der Waals surface area contributed by atoms with Gasteiger partial charge in [0.2, 0.25) is 0 Å². The number of hydrogen-bond acceptors (Lipinski definition) is 3. The van der Waals surface area contributed by atoms with Crippen molar-refractivity contribution in [3.05, 3.63) is 41.1 Å². The highest BCUT2D eigenvalue weighted by Gasteiger charge is 2.15. The number of aromatic carboxylic acids is 2. The second kappa shape index (κ2) is 4.56. The summed E-state index contributed by atoms with van der Waals surface area (Å²) >= 11 is 0. The summed E-state index contributed by atoms with van der Waals surface area (Å²) in [5.74, 6) is -2.13. The number of carboxylic acids is 2. The second-order valence-corrected chi connectivity index (χ2v) is 4.18. The van der Waals surface area contributed by atoms with Crippen molar-refractivity contribution in [1.82, 2.24) is 9.78 Å². The molecule has 0 aliphatic heterocycles. The summed E-state index contributed by atoms with van der Waals surface area (Å²) < 4.78 is 1.42. The SMILES string of the molecule is Cc1ccc(-c2cc(C(=O)O)nn2C)cc1C(=O)O. The van der Waals surface area contributed by atoms with E-state index in [4.69, 9.17) is 10.2 Å². The van der Waals surface area contributed by atoms with Crippen LogP contribution in [-0.2, 0) is 7.05 Å². The number of rotatable bonds is 3. The summed E-state index contributed by atoms with van der Waals surface area (Å²) in [5, 5.41) is 21.8. The van der Waals surface area contributed by atoms with Gasteiger partial charge in [0.1, 0.15) is 0 Å². The third-order valence-corrected chi connectivity index (χ3v) is 2.86. The van der Waals surface area contributed by atoms with Crippen molar-refractivity contribution in [3.8, 4) is 11.3 Å². The Balaban J connectivity index is 2.56. The minimum atomic E-state index is -1.12. The van der Waals surface area contributed by atoms with Crippen LogP contribution in [0, 0.1) is 6.92 Å². The molecule has 0 bridgehead atoms. The molecule has 6 nitrogen and oxygen atoms in total. The first-order valence-corrected chi connectivity index (χ1v) is 5.52. The number of nitrogens with zero attached hydrogens (tertiary/aromatic N) is 2. The van der Waals surface area contributed by atoms with Crippen molar-refractivity contribution < 1.29 is 19.8 Å². The van der Waals surface area contributed by atoms with Gasteiger partial charge in [-0.15, -0.1) is 0 Å². The highest BCUT2D eigenvalue weighted by atomic mass is 16.4. The molecule has 0 spiro atoms. The van der Waals surface area contributed by atoms with Crippen LogP contribution in [0.3, 0.4) is 0 Å². The van der Waals surface area contributed by atoms with Crippen LogP contribution in [0.15, 0.2) is 24.3 Å². The average Bonchev–Trinajstić information content (AvgIpc) is 2.72. The number of benzene rings is 1. The Morgan fingerprint density at radius 2 is 1.84 bits per heavy atom. The first-order chi connectivity index (χ1) is 8.90. The van der Waals surface area contributed by atoms with Crippen LogP contribution >= 0.6 is 0 Å². The molecule has 19 heavy (non-hydrogen) atoms. The quantitative estimate of drug-likeness (QED) is 0.877. The zero-order valence-corrected chi connectivity index (χ0v) is 10.4. The highest BCUT2D eigenvalue weighted by molar-refractivity contribution is 5.91. The van der Waals surface area contributed by atoms with Crippen LogP contribution in [0.5, 0.6) is 0 Å². The van der Waals surface area contributed by atoms with Gasteiger partial charge in [0.25, 0.3) is 0 Å². The number of aromatic nitrogens is 2. The molecule has 2 N–H and O–H groups in total. The molecule has 0 amide bonds. The van der Waals surface area contributed by atoms with Crippen LogP contribution in [0.1, 0.15) is 26.4 Å². The molecule has 0 fully saturated rings. The monoisotopic (exact) mass is 260 g/mol. The Labute approximate surface area is 108 Å². The molecule has 2 aromatic rings. The second-order valence-electron chi connectivity index (χ2n) is 4.18. The van der Waals surface area contributed by atoms with Crippen LogP contribution in [-0.4, -0.2) is 31.9 Å². The Morgan fingerprint density at radius 3 is 2.37 bits per heavy atom. The lowest BCUT2D eigenvalue weighted by Gasteiger charge is -2.05. The van der Waals surface area contributed by atoms with E-state index in [-0.39, 0.29) is 11.3 Å². The molecule has 1 aromatic carbocycles. The molecule has 98 valence electrons. The minimum absolute atomic E-state index is 0.0741. The lowest BCUT2D eigenvalue weighted by molar-refractivity contribution is 0.0681. The molecule has 0 radical (unpaired) electrons. The molecule has 0 aliphatic rings. The summed E-state index contributed by atoms with van der Waals surface area (Å²) in [6.45, 7) is 1.71. The van der Waals surface area contributed by atoms with Gasteiger partial charge < -0.3 is 10.2 Å². The summed E-state index contributed by atoms with van der Waals surface area (Å²) in [6.07, 6.45) is 0. The molecule has 0 saturated carbocycles. The Kier molecular flexibility index (Phi) is 3.08. The third kappa shape index (κ3) is 2.33. The predicted molar refractivity (Wildman–Crippen MR) is 67.3 cm³/mol. The molecule has 0 unspecified atom stereocenters. The third-order valence-electron chi connectivity index (χ3n) is 2.86. The summed E-state index contributed by atoms with van der Waals surface area (Å²) in [4.78, 5) is 21.9. The van der Waals surface area contributed by atoms with Gasteiger partial charge in [-0.1, -0.05) is 12.1 Å². The van der Waals surface area contributed by atoms with Gasteiger partial charge in [0.15, 0.2) is 5.69 Å². The van der Waals surface area contributed by atoms with Crippen LogP contribution < -0.4 is 0 Å². The normalized spacial score (nSPS) is 10.4. The molecule has 0 saturated heterocycles. The smallest absolute Gasteiger partial charge is 0.356 e. The fraction of sp³-hybridized carbons (Fsp3) is 0.154. The van der Waals surface area contributed by atoms with Crippen LogP contribution in [0.2, 0.25) is 0 Å². The molecule has 6 heteroatoms. The molecule has 1 aromatic heterocycles. The lowest BCUT2D eigenvalue weighted by atomic mass is 10.0. The number of carbonyl (C=O) groups is 2. The minimum Gasteiger partial charge on any atom is -0.478 e. The standard InChI is InChI=1S/C13H12N2O4/c1-7-3-4-8(5-9(7)12(16)17)11-6-10(13(18)19)14-15(11)2/h3-6H,1-2H3,(H,16,17)(H,18,19). The number of aryl methyl sites for hydroxylation is 2. The van der Waals surface area contributed by atoms with Crippen molar-refractivity contribution >= 4 is 11.9 Å². The highest BCUT2D eigenvalue weighted by Crippen LogP contribution is 2.23. The first-order valence-electron chi connectivity index (χ1n) is 5.52. The van der Waals surface area contributed by atoms with Gasteiger partial charge in [0.05, 0.1) is 11.3 Å². The zero-order chi connectivity index (χ0) is 14.2. The fourth-order valence-corrected chi connectivity index (χ4v) is 1.85. The predicted octanol–water partition coefficient (Wildman–Crippen LogP) is 1.79. The van der Waals surface area contributed by atoms with E-state index in [2.05, 4.69) is 5.10 Å². The van der Waals surface area contributed by atoms with Crippen molar-refractivity contribution in [2.45, 2.75) is 6.92 Å². The van der Waals surface area contributed by atoms with E-state index < -0.39 is 11.9 Å². The van der Waals surface area contributed by atoms with Gasteiger partial charge in [-0.05, 0) is 24.6 Å². The van der Waals surface area contributed by atoms with Crippen molar-refractivity contribution in [3.63, 3.8) is 0 Å². The summed E-state index contributed by atoms with van der Waals surface area (Å²) in [6, 6.07) is 6.36. The summed E-state index contributed by atoms with van der Waals surface area (Å²) in [5.41, 5.74) is 1.94. The maximum Gasteiger partial charge on any atom is 0.356 e. The largest absolute Gasteiger partial charge is 0.478 e. The van der Waals surface area contributed by atoms with Crippen molar-refractivity contribution in [2.24, 2.45) is 7.05 Å². The van der Waals surface area contributed by atoms with E-state index in [0.29, 0.717) is 16.8 Å². The number of hydrogen-bond donors (Lipinski definition) is 2. The molecular formula is C13H12N2O4. The Hall–Kier alpha value is -2.63. The van der Waals surface area contributed by atoms with Gasteiger partial charge >= 0.3 is 11.9 Å². The zero-order valence-electron chi connectivity index (χ0n) is 10.4. The topological polar surface area (TPSA) is 92.4 Å². The van der Waals surface area contributed by atoms with Gasteiger partial charge in [-0.3, -0.25) is 4.68 Å². The maximum absolute atomic E-state index is 11.1. The van der Waals surface area contributed by atoms with Gasteiger partial charge in [-0.25, -0.2) is 9.59 Å². The molecular weight excluding hydrogens is 248 g/mol. The molecule has 0 atom stereocenters. The van der Waals surface area contributed by atoms with E-state index in [9.17, 15) is 9.59 Å². The van der Waals surface area contributed by atoms with E-state index in [1.165, 1.54) is 16.8 Å². The van der Waals surface area contributed by atoms with E-state index in [0.717, 1.165) is 0 Å². The van der Waals surface area contributed by atoms with Crippen molar-refractivity contribution in [1.29, 1.82) is 0 Å². The molecule has 0 aliphatic carbocycles. The van der Waals surface area contributed by atoms with Crippen LogP contribution in [0.25, 0.3) is 11.3 Å². The van der Waals surface area contributed by atoms with Gasteiger partial charge in [-0.2, -0.15) is 5.10 Å². The molecule has 1 heterocycles. The molecule has 2 rings (SSSR count). The Bertz CT molecular complexity index is 673. The van der Waals surface area contributed by atoms with E-state index in [1.807, 2.05) is 0 Å². The van der Waals surface area contributed by atoms with Crippen LogP contribution in [0.4, 0.5) is 0 Å². The lowest BCUT2D eigenvalue weighted by Crippen LogP contribution is -2.01. The van der Waals surface area contributed by atoms with E-state index >= 15 is 0 Å². The average molecular weight is 260 g/mol. The summed E-state index contributed by atoms with van der Waals surface area (Å²) in [7, 11) is 1.61. The van der Waals surface area contributed by atoms with Gasteiger partial charge in [0, 0.05) is 12.6 Å². The fourth-order valence-electron chi connectivity index (χ4n) is 1.85. The van der Waals surface area contributed by atoms with Crippen molar-refractivity contribution in [2.75, 3.05) is 0 Å². The number of carboxylic acid groups (broad SMARTS) is 2. The Morgan fingerprint density at radius 1 is 1.16 bits per heavy atom. The maximum atomic E-state index is 11.1. The van der Waals surface area contributed by atoms with E-state index in [1.54, 1.807) is 26.1 Å². The first kappa shape index (κ1) is 12.8.